The third kappa shape index (κ3) is 6.25. The Balaban J connectivity index is 2.13. The van der Waals surface area contributed by atoms with E-state index < -0.39 is 0 Å². The molecule has 0 radical (unpaired) electrons. The average molecular weight is 385 g/mol. The van der Waals surface area contributed by atoms with Crippen LogP contribution in [-0.2, 0) is 22.6 Å². The van der Waals surface area contributed by atoms with Crippen LogP contribution in [-0.4, -0.2) is 40.7 Å². The Kier molecular flexibility index (Phi) is 8.30. The van der Waals surface area contributed by atoms with Gasteiger partial charge >= 0.3 is 0 Å². The van der Waals surface area contributed by atoms with Crippen LogP contribution in [0.5, 0.6) is 0 Å². The topological polar surface area (TPSA) is 53.8 Å². The van der Waals surface area contributed by atoms with Gasteiger partial charge < -0.3 is 14.2 Å². The molecule has 0 unspecified atom stereocenters. The molecular formula is C23H32N2O3. The Hall–Kier alpha value is -2.56. The first-order valence-electron chi connectivity index (χ1n) is 10.1. The molecule has 5 heteroatoms. The zero-order valence-electron chi connectivity index (χ0n) is 17.5. The first-order chi connectivity index (χ1) is 13.4. The molecule has 0 fully saturated rings. The van der Waals surface area contributed by atoms with Crippen molar-refractivity contribution >= 4 is 11.8 Å². The molecule has 1 atom stereocenters. The van der Waals surface area contributed by atoms with E-state index in [0.717, 1.165) is 24.4 Å². The quantitative estimate of drug-likeness (QED) is 0.617. The van der Waals surface area contributed by atoms with Crippen LogP contribution < -0.4 is 0 Å². The van der Waals surface area contributed by atoms with Crippen LogP contribution in [0, 0.1) is 6.92 Å². The maximum Gasteiger partial charge on any atom is 0.242 e. The molecule has 0 saturated heterocycles. The number of benzene rings is 1. The number of nitrogens with zero attached hydrogens (tertiary/aromatic N) is 2. The highest BCUT2D eigenvalue weighted by molar-refractivity contribution is 5.85. The third-order valence-electron chi connectivity index (χ3n) is 5.06. The minimum Gasteiger partial charge on any atom is -0.464 e. The minimum atomic E-state index is -0.0490. The van der Waals surface area contributed by atoms with Crippen molar-refractivity contribution in [2.24, 2.45) is 0 Å². The molecule has 0 aliphatic carbocycles. The molecule has 0 bridgehead atoms. The summed E-state index contributed by atoms with van der Waals surface area (Å²) in [4.78, 5) is 29.0. The molecule has 0 saturated carbocycles. The van der Waals surface area contributed by atoms with E-state index in [9.17, 15) is 9.59 Å². The summed E-state index contributed by atoms with van der Waals surface area (Å²) in [6.45, 7) is 8.85. The van der Waals surface area contributed by atoms with Crippen LogP contribution in [0.4, 0.5) is 0 Å². The molecule has 2 amide bonds. The fraction of sp³-hybridized carbons (Fsp3) is 0.478. The summed E-state index contributed by atoms with van der Waals surface area (Å²) in [5.74, 6) is 1.55. The van der Waals surface area contributed by atoms with Crippen molar-refractivity contribution in [3.63, 3.8) is 0 Å². The van der Waals surface area contributed by atoms with Crippen LogP contribution in [0.3, 0.4) is 0 Å². The molecule has 2 rings (SSSR count). The first kappa shape index (κ1) is 21.7. The molecule has 2 aromatic rings. The van der Waals surface area contributed by atoms with Gasteiger partial charge in [0.05, 0.1) is 6.54 Å². The molecule has 5 nitrogen and oxygen atoms in total. The highest BCUT2D eigenvalue weighted by Gasteiger charge is 2.24. The zero-order chi connectivity index (χ0) is 20.5. The second kappa shape index (κ2) is 10.7. The Morgan fingerprint density at radius 3 is 2.32 bits per heavy atom. The normalized spacial score (nSPS) is 11.9. The second-order valence-corrected chi connectivity index (χ2v) is 7.20. The average Bonchev–Trinajstić information content (AvgIpc) is 3.13. The predicted octanol–water partition coefficient (Wildman–Crippen LogP) is 4.20. The highest BCUT2D eigenvalue weighted by atomic mass is 16.3. The zero-order valence-corrected chi connectivity index (χ0v) is 17.5. The van der Waals surface area contributed by atoms with E-state index in [-0.39, 0.29) is 24.4 Å². The van der Waals surface area contributed by atoms with Crippen LogP contribution in [0.1, 0.15) is 50.7 Å². The van der Waals surface area contributed by atoms with Crippen LogP contribution >= 0.6 is 0 Å². The third-order valence-corrected chi connectivity index (χ3v) is 5.06. The summed E-state index contributed by atoms with van der Waals surface area (Å²) < 4.78 is 5.68. The smallest absolute Gasteiger partial charge is 0.242 e. The molecule has 28 heavy (non-hydrogen) atoms. The van der Waals surface area contributed by atoms with Crippen molar-refractivity contribution in [3.8, 4) is 0 Å². The lowest BCUT2D eigenvalue weighted by Crippen LogP contribution is -2.46. The lowest BCUT2D eigenvalue weighted by molar-refractivity contribution is -0.142. The molecular weight excluding hydrogens is 352 g/mol. The Morgan fingerprint density at radius 1 is 1.04 bits per heavy atom. The second-order valence-electron chi connectivity index (χ2n) is 7.20. The molecule has 1 aromatic carbocycles. The van der Waals surface area contributed by atoms with Gasteiger partial charge in [0, 0.05) is 19.0 Å². The number of furan rings is 1. The summed E-state index contributed by atoms with van der Waals surface area (Å²) in [5.41, 5.74) is 1.18. The van der Waals surface area contributed by atoms with Crippen LogP contribution in [0.25, 0.3) is 0 Å². The van der Waals surface area contributed by atoms with Gasteiger partial charge in [-0.1, -0.05) is 44.2 Å². The van der Waals surface area contributed by atoms with Gasteiger partial charge in [-0.3, -0.25) is 9.59 Å². The summed E-state index contributed by atoms with van der Waals surface area (Å²) in [6.07, 6.45) is 1.98. The number of aryl methyl sites for hydroxylation is 1. The number of amides is 2. The van der Waals surface area contributed by atoms with Gasteiger partial charge in [-0.25, -0.2) is 0 Å². The van der Waals surface area contributed by atoms with Gasteiger partial charge in [0.25, 0.3) is 0 Å². The molecule has 1 aromatic heterocycles. The summed E-state index contributed by atoms with van der Waals surface area (Å²) in [5, 5.41) is 0. The predicted molar refractivity (Wildman–Crippen MR) is 111 cm³/mol. The number of carbonyl (C=O) groups is 2. The van der Waals surface area contributed by atoms with Gasteiger partial charge in [-0.05, 0) is 44.4 Å². The van der Waals surface area contributed by atoms with E-state index in [1.165, 1.54) is 5.56 Å². The fourth-order valence-electron chi connectivity index (χ4n) is 3.12. The lowest BCUT2D eigenvalue weighted by atomic mass is 10.1. The van der Waals surface area contributed by atoms with Crippen molar-refractivity contribution in [2.45, 2.75) is 59.5 Å². The van der Waals surface area contributed by atoms with Crippen LogP contribution in [0.2, 0.25) is 0 Å². The molecule has 0 spiro atoms. The number of rotatable bonds is 10. The van der Waals surface area contributed by atoms with Gasteiger partial charge in [0.2, 0.25) is 11.8 Å². The standard InChI is InChI=1S/C23H32N2O3/c1-5-18(3)25(22(26)6-2)17-23(27)24(16-21-13-12-19(4)28-21)15-14-20-10-8-7-9-11-20/h7-13,18H,5-6,14-17H2,1-4H3/t18-/m1/s1. The van der Waals surface area contributed by atoms with Crippen molar-refractivity contribution in [3.05, 3.63) is 59.5 Å². The van der Waals surface area contributed by atoms with Crippen molar-refractivity contribution in [1.82, 2.24) is 9.80 Å². The number of hydrogen-bond donors (Lipinski definition) is 0. The molecule has 1 heterocycles. The minimum absolute atomic E-state index is 0.0135. The highest BCUT2D eigenvalue weighted by Crippen LogP contribution is 2.13. The Bertz CT molecular complexity index is 754. The van der Waals surface area contributed by atoms with Gasteiger partial charge in [-0.2, -0.15) is 0 Å². The molecule has 0 N–H and O–H groups in total. The first-order valence-corrected chi connectivity index (χ1v) is 10.1. The van der Waals surface area contributed by atoms with E-state index in [1.54, 1.807) is 9.80 Å². The van der Waals surface area contributed by atoms with E-state index in [2.05, 4.69) is 12.1 Å². The molecule has 0 aliphatic heterocycles. The number of hydrogen-bond acceptors (Lipinski definition) is 3. The van der Waals surface area contributed by atoms with Gasteiger partial charge in [-0.15, -0.1) is 0 Å². The number of carbonyl (C=O) groups excluding carboxylic acids is 2. The summed E-state index contributed by atoms with van der Waals surface area (Å²) in [6, 6.07) is 14.0. The van der Waals surface area contributed by atoms with Crippen molar-refractivity contribution < 1.29 is 14.0 Å². The van der Waals surface area contributed by atoms with E-state index in [4.69, 9.17) is 4.42 Å². The Morgan fingerprint density at radius 2 is 1.75 bits per heavy atom. The van der Waals surface area contributed by atoms with Gasteiger partial charge in [0.15, 0.2) is 0 Å². The lowest BCUT2D eigenvalue weighted by Gasteiger charge is -2.31. The SMILES string of the molecule is CCC(=O)N(CC(=O)N(CCc1ccccc1)Cc1ccc(C)o1)[C@H](C)CC. The fourth-order valence-corrected chi connectivity index (χ4v) is 3.12. The van der Waals surface area contributed by atoms with E-state index in [0.29, 0.717) is 19.5 Å². The maximum atomic E-state index is 13.1. The van der Waals surface area contributed by atoms with E-state index in [1.807, 2.05) is 58.0 Å². The van der Waals surface area contributed by atoms with Gasteiger partial charge in [0.1, 0.15) is 18.1 Å². The summed E-state index contributed by atoms with van der Waals surface area (Å²) in [7, 11) is 0. The Labute approximate surface area is 168 Å². The summed E-state index contributed by atoms with van der Waals surface area (Å²) >= 11 is 0. The largest absolute Gasteiger partial charge is 0.464 e. The van der Waals surface area contributed by atoms with Crippen LogP contribution in [0.15, 0.2) is 46.9 Å². The van der Waals surface area contributed by atoms with E-state index >= 15 is 0 Å². The maximum absolute atomic E-state index is 13.1. The van der Waals surface area contributed by atoms with Crippen molar-refractivity contribution in [2.75, 3.05) is 13.1 Å². The van der Waals surface area contributed by atoms with Crippen molar-refractivity contribution in [1.29, 1.82) is 0 Å². The molecule has 152 valence electrons. The molecule has 0 aliphatic rings. The monoisotopic (exact) mass is 384 g/mol.